The predicted molar refractivity (Wildman–Crippen MR) is 60.5 cm³/mol. The van der Waals surface area contributed by atoms with Crippen molar-refractivity contribution in [2.24, 2.45) is 0 Å². The summed E-state index contributed by atoms with van der Waals surface area (Å²) < 4.78 is 10.1. The van der Waals surface area contributed by atoms with E-state index in [4.69, 9.17) is 8.94 Å². The number of carbonyl (C=O) groups is 1. The largest absolute Gasteiger partial charge is 0.459 e. The van der Waals surface area contributed by atoms with E-state index in [-0.39, 0.29) is 5.91 Å². The third kappa shape index (κ3) is 2.38. The summed E-state index contributed by atoms with van der Waals surface area (Å²) in [4.78, 5) is 13.6. The fraction of sp³-hybridized carbons (Fsp3) is 0.333. The molecule has 17 heavy (non-hydrogen) atoms. The van der Waals surface area contributed by atoms with Gasteiger partial charge in [0.05, 0.1) is 12.8 Å². The topological polar surface area (TPSA) is 59.5 Å². The molecule has 2 heterocycles. The molecule has 0 aromatic carbocycles. The Labute approximate surface area is 99.0 Å². The summed E-state index contributed by atoms with van der Waals surface area (Å²) in [7, 11) is 1.70. The molecule has 0 N–H and O–H groups in total. The van der Waals surface area contributed by atoms with Crippen LogP contribution in [0.4, 0.5) is 0 Å². The van der Waals surface area contributed by atoms with Gasteiger partial charge < -0.3 is 13.8 Å². The SMILES string of the molecule is Cc1cc(CN(C)C(=O)c2occc2C)no1. The third-order valence-electron chi connectivity index (χ3n) is 2.48. The van der Waals surface area contributed by atoms with Gasteiger partial charge in [-0.2, -0.15) is 0 Å². The molecule has 0 atom stereocenters. The minimum Gasteiger partial charge on any atom is -0.459 e. The Morgan fingerprint density at radius 3 is 2.76 bits per heavy atom. The highest BCUT2D eigenvalue weighted by Gasteiger charge is 2.18. The lowest BCUT2D eigenvalue weighted by Crippen LogP contribution is -2.26. The lowest BCUT2D eigenvalue weighted by molar-refractivity contribution is 0.0749. The molecule has 0 spiro atoms. The van der Waals surface area contributed by atoms with Crippen LogP contribution in [-0.2, 0) is 6.54 Å². The van der Waals surface area contributed by atoms with E-state index in [2.05, 4.69) is 5.16 Å². The van der Waals surface area contributed by atoms with E-state index < -0.39 is 0 Å². The molecule has 1 amide bonds. The van der Waals surface area contributed by atoms with E-state index in [1.165, 1.54) is 6.26 Å². The Kier molecular flexibility index (Phi) is 2.99. The molecule has 0 fully saturated rings. The predicted octanol–water partition coefficient (Wildman–Crippen LogP) is 2.16. The lowest BCUT2D eigenvalue weighted by Gasteiger charge is -2.14. The summed E-state index contributed by atoms with van der Waals surface area (Å²) in [5.41, 5.74) is 1.56. The van der Waals surface area contributed by atoms with Crippen LogP contribution in [0.1, 0.15) is 27.6 Å². The number of amides is 1. The van der Waals surface area contributed by atoms with Gasteiger partial charge in [-0.25, -0.2) is 0 Å². The minimum absolute atomic E-state index is 0.159. The van der Waals surface area contributed by atoms with Crippen molar-refractivity contribution in [1.29, 1.82) is 0 Å². The number of carbonyl (C=O) groups excluding carboxylic acids is 1. The van der Waals surface area contributed by atoms with Gasteiger partial charge in [-0.3, -0.25) is 4.79 Å². The van der Waals surface area contributed by atoms with E-state index in [0.717, 1.165) is 17.0 Å². The maximum absolute atomic E-state index is 12.0. The summed E-state index contributed by atoms with van der Waals surface area (Å²) in [5, 5.41) is 3.84. The monoisotopic (exact) mass is 234 g/mol. The highest BCUT2D eigenvalue weighted by molar-refractivity contribution is 5.92. The second-order valence-corrected chi connectivity index (χ2v) is 4.02. The van der Waals surface area contributed by atoms with Gasteiger partial charge in [-0.05, 0) is 19.9 Å². The van der Waals surface area contributed by atoms with Gasteiger partial charge in [0, 0.05) is 18.7 Å². The molecule has 0 aliphatic heterocycles. The first kappa shape index (κ1) is 11.4. The average Bonchev–Trinajstić information content (AvgIpc) is 2.86. The number of hydrogen-bond donors (Lipinski definition) is 0. The molecule has 0 saturated carbocycles. The third-order valence-corrected chi connectivity index (χ3v) is 2.48. The highest BCUT2D eigenvalue weighted by Crippen LogP contribution is 2.13. The number of hydrogen-bond acceptors (Lipinski definition) is 4. The summed E-state index contributed by atoms with van der Waals surface area (Å²) in [6.45, 7) is 4.05. The van der Waals surface area contributed by atoms with Crippen molar-refractivity contribution in [3.63, 3.8) is 0 Å². The van der Waals surface area contributed by atoms with E-state index >= 15 is 0 Å². The molecular weight excluding hydrogens is 220 g/mol. The van der Waals surface area contributed by atoms with Gasteiger partial charge >= 0.3 is 0 Å². The maximum atomic E-state index is 12.0. The van der Waals surface area contributed by atoms with Crippen LogP contribution >= 0.6 is 0 Å². The summed E-state index contributed by atoms with van der Waals surface area (Å²) in [6.07, 6.45) is 1.51. The first-order valence-corrected chi connectivity index (χ1v) is 5.29. The Balaban J connectivity index is 2.08. The van der Waals surface area contributed by atoms with Crippen molar-refractivity contribution in [1.82, 2.24) is 10.1 Å². The summed E-state index contributed by atoms with van der Waals surface area (Å²) in [6, 6.07) is 3.57. The van der Waals surface area contributed by atoms with Crippen molar-refractivity contribution in [3.8, 4) is 0 Å². The molecule has 2 rings (SSSR count). The van der Waals surface area contributed by atoms with Crippen molar-refractivity contribution in [3.05, 3.63) is 41.2 Å². The molecule has 0 saturated heterocycles. The van der Waals surface area contributed by atoms with Crippen LogP contribution in [0.3, 0.4) is 0 Å². The molecule has 0 bridgehead atoms. The van der Waals surface area contributed by atoms with Gasteiger partial charge in [-0.1, -0.05) is 5.16 Å². The van der Waals surface area contributed by atoms with Gasteiger partial charge in [0.1, 0.15) is 11.5 Å². The fourth-order valence-corrected chi connectivity index (χ4v) is 1.57. The number of rotatable bonds is 3. The Morgan fingerprint density at radius 1 is 1.47 bits per heavy atom. The zero-order chi connectivity index (χ0) is 12.4. The fourth-order valence-electron chi connectivity index (χ4n) is 1.57. The van der Waals surface area contributed by atoms with E-state index in [1.54, 1.807) is 24.1 Å². The van der Waals surface area contributed by atoms with E-state index in [9.17, 15) is 4.79 Å². The van der Waals surface area contributed by atoms with E-state index in [0.29, 0.717) is 12.3 Å². The Hall–Kier alpha value is -2.04. The second kappa shape index (κ2) is 4.45. The molecule has 5 nitrogen and oxygen atoms in total. The quantitative estimate of drug-likeness (QED) is 0.816. The number of aromatic nitrogens is 1. The molecule has 5 heteroatoms. The molecule has 2 aromatic rings. The molecular formula is C12H14N2O3. The van der Waals surface area contributed by atoms with Crippen LogP contribution in [0.25, 0.3) is 0 Å². The zero-order valence-electron chi connectivity index (χ0n) is 10.1. The summed E-state index contributed by atoms with van der Waals surface area (Å²) in [5.74, 6) is 0.941. The van der Waals surface area contributed by atoms with E-state index in [1.807, 2.05) is 13.8 Å². The van der Waals surface area contributed by atoms with Gasteiger partial charge in [0.2, 0.25) is 0 Å². The number of furan rings is 1. The molecule has 0 radical (unpaired) electrons. The first-order valence-electron chi connectivity index (χ1n) is 5.29. The normalized spacial score (nSPS) is 10.5. The van der Waals surface area contributed by atoms with Crippen molar-refractivity contribution in [2.45, 2.75) is 20.4 Å². The van der Waals surface area contributed by atoms with Gasteiger partial charge in [0.25, 0.3) is 5.91 Å². The Morgan fingerprint density at radius 2 is 2.24 bits per heavy atom. The van der Waals surface area contributed by atoms with Gasteiger partial charge in [-0.15, -0.1) is 0 Å². The standard InChI is InChI=1S/C12H14N2O3/c1-8-4-5-16-11(8)12(15)14(3)7-10-6-9(2)17-13-10/h4-6H,7H2,1-3H3. The van der Waals surface area contributed by atoms with Crippen molar-refractivity contribution < 1.29 is 13.7 Å². The minimum atomic E-state index is -0.159. The van der Waals surface area contributed by atoms with Crippen LogP contribution in [-0.4, -0.2) is 23.0 Å². The molecule has 0 aliphatic rings. The van der Waals surface area contributed by atoms with Crippen LogP contribution in [0, 0.1) is 13.8 Å². The number of aryl methyl sites for hydroxylation is 2. The summed E-state index contributed by atoms with van der Waals surface area (Å²) >= 11 is 0. The highest BCUT2D eigenvalue weighted by atomic mass is 16.5. The molecule has 0 aliphatic carbocycles. The second-order valence-electron chi connectivity index (χ2n) is 4.02. The first-order chi connectivity index (χ1) is 8.08. The van der Waals surface area contributed by atoms with Crippen LogP contribution in [0.2, 0.25) is 0 Å². The maximum Gasteiger partial charge on any atom is 0.289 e. The smallest absolute Gasteiger partial charge is 0.289 e. The zero-order valence-corrected chi connectivity index (χ0v) is 10.1. The van der Waals surface area contributed by atoms with Crippen LogP contribution < -0.4 is 0 Å². The van der Waals surface area contributed by atoms with Crippen LogP contribution in [0.5, 0.6) is 0 Å². The number of nitrogens with zero attached hydrogens (tertiary/aromatic N) is 2. The lowest BCUT2D eigenvalue weighted by atomic mass is 10.2. The van der Waals surface area contributed by atoms with Crippen molar-refractivity contribution in [2.75, 3.05) is 7.05 Å². The molecule has 2 aromatic heterocycles. The Bertz CT molecular complexity index is 527. The molecule has 90 valence electrons. The van der Waals surface area contributed by atoms with Crippen molar-refractivity contribution >= 4 is 5.91 Å². The van der Waals surface area contributed by atoms with Gasteiger partial charge in [0.15, 0.2) is 5.76 Å². The van der Waals surface area contributed by atoms with Crippen LogP contribution in [0.15, 0.2) is 27.3 Å². The average molecular weight is 234 g/mol. The molecule has 0 unspecified atom stereocenters.